The molecular formula is C11H13N. The molecule has 0 aliphatic heterocycles. The summed E-state index contributed by atoms with van der Waals surface area (Å²) < 4.78 is 0. The van der Waals surface area contributed by atoms with E-state index in [0.717, 1.165) is 17.7 Å². The third-order valence-electron chi connectivity index (χ3n) is 1.60. The van der Waals surface area contributed by atoms with Crippen molar-refractivity contribution in [2.24, 2.45) is 0 Å². The van der Waals surface area contributed by atoms with Crippen LogP contribution in [0.15, 0.2) is 43.0 Å². The molecular weight excluding hydrogens is 146 g/mol. The molecule has 0 radical (unpaired) electrons. The van der Waals surface area contributed by atoms with Gasteiger partial charge in [-0.25, -0.2) is 0 Å². The van der Waals surface area contributed by atoms with Crippen LogP contribution in [-0.2, 0) is 0 Å². The molecule has 0 aliphatic rings. The van der Waals surface area contributed by atoms with E-state index in [1.165, 1.54) is 0 Å². The molecule has 0 saturated carbocycles. The summed E-state index contributed by atoms with van der Waals surface area (Å²) in [6.07, 6.45) is 6.79. The quantitative estimate of drug-likeness (QED) is 0.532. The van der Waals surface area contributed by atoms with E-state index in [9.17, 15) is 0 Å². The van der Waals surface area contributed by atoms with Crippen molar-refractivity contribution in [1.29, 1.82) is 0 Å². The highest BCUT2D eigenvalue weighted by Gasteiger charge is 1.89. The Morgan fingerprint density at radius 3 is 2.75 bits per heavy atom. The summed E-state index contributed by atoms with van der Waals surface area (Å²) in [5.41, 5.74) is 7.61. The van der Waals surface area contributed by atoms with Gasteiger partial charge in [0, 0.05) is 5.69 Å². The van der Waals surface area contributed by atoms with Crippen LogP contribution in [0.4, 0.5) is 5.69 Å². The summed E-state index contributed by atoms with van der Waals surface area (Å²) >= 11 is 0. The van der Waals surface area contributed by atoms with E-state index in [2.05, 4.69) is 6.58 Å². The van der Waals surface area contributed by atoms with Crippen molar-refractivity contribution in [3.05, 3.63) is 48.6 Å². The summed E-state index contributed by atoms with van der Waals surface area (Å²) in [6.45, 7) is 3.63. The molecule has 12 heavy (non-hydrogen) atoms. The Bertz CT molecular complexity index is 287. The van der Waals surface area contributed by atoms with Crippen LogP contribution in [-0.4, -0.2) is 0 Å². The smallest absolute Gasteiger partial charge is 0.0387 e. The number of nitrogen functional groups attached to an aromatic ring is 1. The van der Waals surface area contributed by atoms with Crippen LogP contribution >= 0.6 is 0 Å². The molecule has 0 aromatic heterocycles. The molecule has 0 saturated heterocycles. The molecule has 62 valence electrons. The maximum Gasteiger partial charge on any atom is 0.0387 e. The van der Waals surface area contributed by atoms with Gasteiger partial charge in [-0.3, -0.25) is 0 Å². The Morgan fingerprint density at radius 1 is 1.33 bits per heavy atom. The van der Waals surface area contributed by atoms with E-state index >= 15 is 0 Å². The predicted octanol–water partition coefficient (Wildman–Crippen LogP) is 2.86. The molecule has 1 aromatic rings. The van der Waals surface area contributed by atoms with E-state index in [-0.39, 0.29) is 0 Å². The van der Waals surface area contributed by atoms with Gasteiger partial charge in [0.15, 0.2) is 0 Å². The molecule has 0 bridgehead atoms. The van der Waals surface area contributed by atoms with Gasteiger partial charge in [-0.1, -0.05) is 36.4 Å². The Balaban J connectivity index is 2.74. The standard InChI is InChI=1S/C11H13N/c1-2-3-4-7-10-8-5-6-9-11(10)12/h2,4-9H,1,3,12H2. The number of hydrogen-bond acceptors (Lipinski definition) is 1. The second kappa shape index (κ2) is 4.39. The highest BCUT2D eigenvalue weighted by molar-refractivity contribution is 5.64. The summed E-state index contributed by atoms with van der Waals surface area (Å²) in [5.74, 6) is 0. The molecule has 0 unspecified atom stereocenters. The fourth-order valence-electron chi connectivity index (χ4n) is 0.954. The van der Waals surface area contributed by atoms with Gasteiger partial charge < -0.3 is 5.73 Å². The van der Waals surface area contributed by atoms with Crippen LogP contribution in [0.1, 0.15) is 12.0 Å². The van der Waals surface area contributed by atoms with Crippen LogP contribution in [0.2, 0.25) is 0 Å². The van der Waals surface area contributed by atoms with Crippen molar-refractivity contribution in [3.8, 4) is 0 Å². The van der Waals surface area contributed by atoms with Crippen molar-refractivity contribution < 1.29 is 0 Å². The monoisotopic (exact) mass is 159 g/mol. The first kappa shape index (κ1) is 8.60. The number of benzene rings is 1. The minimum absolute atomic E-state index is 0.817. The van der Waals surface area contributed by atoms with Crippen LogP contribution in [0.5, 0.6) is 0 Å². The number of para-hydroxylation sites is 1. The molecule has 0 aliphatic carbocycles. The van der Waals surface area contributed by atoms with Gasteiger partial charge in [0.2, 0.25) is 0 Å². The molecule has 1 aromatic carbocycles. The lowest BCUT2D eigenvalue weighted by atomic mass is 10.1. The zero-order valence-electron chi connectivity index (χ0n) is 7.03. The SMILES string of the molecule is C=CCC=Cc1ccccc1N. The van der Waals surface area contributed by atoms with Crippen LogP contribution < -0.4 is 5.73 Å². The average molecular weight is 159 g/mol. The highest BCUT2D eigenvalue weighted by Crippen LogP contribution is 2.12. The largest absolute Gasteiger partial charge is 0.398 e. The lowest BCUT2D eigenvalue weighted by Crippen LogP contribution is -1.86. The van der Waals surface area contributed by atoms with Crippen LogP contribution in [0, 0.1) is 0 Å². The van der Waals surface area contributed by atoms with Crippen LogP contribution in [0.3, 0.4) is 0 Å². The van der Waals surface area contributed by atoms with E-state index in [4.69, 9.17) is 5.73 Å². The molecule has 1 heteroatoms. The fourth-order valence-corrected chi connectivity index (χ4v) is 0.954. The lowest BCUT2D eigenvalue weighted by Gasteiger charge is -1.97. The number of hydrogen-bond donors (Lipinski definition) is 1. The van der Waals surface area contributed by atoms with Crippen molar-refractivity contribution in [1.82, 2.24) is 0 Å². The zero-order chi connectivity index (χ0) is 8.81. The lowest BCUT2D eigenvalue weighted by molar-refractivity contribution is 1.42. The first-order valence-electron chi connectivity index (χ1n) is 3.96. The predicted molar refractivity (Wildman–Crippen MR) is 54.7 cm³/mol. The van der Waals surface area contributed by atoms with Gasteiger partial charge in [0.1, 0.15) is 0 Å². The van der Waals surface area contributed by atoms with Crippen molar-refractivity contribution in [3.63, 3.8) is 0 Å². The highest BCUT2D eigenvalue weighted by atomic mass is 14.5. The van der Waals surface area contributed by atoms with Crippen molar-refractivity contribution in [2.45, 2.75) is 6.42 Å². The molecule has 0 atom stereocenters. The Morgan fingerprint density at radius 2 is 2.08 bits per heavy atom. The number of anilines is 1. The fraction of sp³-hybridized carbons (Fsp3) is 0.0909. The van der Waals surface area contributed by atoms with Gasteiger partial charge in [-0.05, 0) is 18.1 Å². The first-order valence-corrected chi connectivity index (χ1v) is 3.96. The third kappa shape index (κ3) is 2.27. The van der Waals surface area contributed by atoms with Gasteiger partial charge in [-0.15, -0.1) is 6.58 Å². The zero-order valence-corrected chi connectivity index (χ0v) is 7.03. The topological polar surface area (TPSA) is 26.0 Å². The molecule has 0 spiro atoms. The Kier molecular flexibility index (Phi) is 3.15. The van der Waals surface area contributed by atoms with Crippen LogP contribution in [0.25, 0.3) is 6.08 Å². The summed E-state index contributed by atoms with van der Waals surface area (Å²) in [7, 11) is 0. The molecule has 0 amide bonds. The van der Waals surface area contributed by atoms with E-state index < -0.39 is 0 Å². The summed E-state index contributed by atoms with van der Waals surface area (Å²) in [6, 6.07) is 7.80. The van der Waals surface area contributed by atoms with Crippen molar-refractivity contribution in [2.75, 3.05) is 5.73 Å². The van der Waals surface area contributed by atoms with Gasteiger partial charge in [0.25, 0.3) is 0 Å². The van der Waals surface area contributed by atoms with Gasteiger partial charge in [-0.2, -0.15) is 0 Å². The first-order chi connectivity index (χ1) is 5.84. The molecule has 0 fully saturated rings. The molecule has 0 heterocycles. The van der Waals surface area contributed by atoms with Crippen molar-refractivity contribution >= 4 is 11.8 Å². The molecule has 2 N–H and O–H groups in total. The number of allylic oxidation sites excluding steroid dienone is 2. The van der Waals surface area contributed by atoms with E-state index in [1.54, 1.807) is 0 Å². The minimum atomic E-state index is 0.817. The van der Waals surface area contributed by atoms with E-state index in [1.807, 2.05) is 42.5 Å². The second-order valence-electron chi connectivity index (χ2n) is 2.56. The maximum absolute atomic E-state index is 5.73. The molecule has 1 nitrogen and oxygen atoms in total. The molecule has 1 rings (SSSR count). The minimum Gasteiger partial charge on any atom is -0.398 e. The summed E-state index contributed by atoms with van der Waals surface area (Å²) in [4.78, 5) is 0. The Hall–Kier alpha value is -1.50. The normalized spacial score (nSPS) is 10.3. The van der Waals surface area contributed by atoms with Gasteiger partial charge >= 0.3 is 0 Å². The average Bonchev–Trinajstić information content (AvgIpc) is 2.09. The van der Waals surface area contributed by atoms with E-state index in [0.29, 0.717) is 0 Å². The third-order valence-corrected chi connectivity index (χ3v) is 1.60. The second-order valence-corrected chi connectivity index (χ2v) is 2.56. The maximum atomic E-state index is 5.73. The Labute approximate surface area is 73.2 Å². The number of rotatable bonds is 3. The van der Waals surface area contributed by atoms with Gasteiger partial charge in [0.05, 0.1) is 0 Å². The summed E-state index contributed by atoms with van der Waals surface area (Å²) in [5, 5.41) is 0. The number of nitrogens with two attached hydrogens (primary N) is 1.